The number of rotatable bonds is 4. The molecule has 0 aromatic heterocycles. The lowest BCUT2D eigenvalue weighted by Crippen LogP contribution is -2.36. The first-order valence-electron chi connectivity index (χ1n) is 5.35. The van der Waals surface area contributed by atoms with Gasteiger partial charge in [-0.2, -0.15) is 0 Å². The van der Waals surface area contributed by atoms with E-state index in [2.05, 4.69) is 27.2 Å². The Labute approximate surface area is 109 Å². The van der Waals surface area contributed by atoms with E-state index >= 15 is 0 Å². The largest absolute Gasteiger partial charge is 0.379 e. The van der Waals surface area contributed by atoms with Crippen LogP contribution in [0.25, 0.3) is 0 Å². The summed E-state index contributed by atoms with van der Waals surface area (Å²) in [7, 11) is 7.61. The Morgan fingerprint density at radius 3 is 2.50 bits per heavy atom. The van der Waals surface area contributed by atoms with Gasteiger partial charge in [-0.05, 0) is 20.3 Å². The highest BCUT2D eigenvalue weighted by molar-refractivity contribution is 8.70. The van der Waals surface area contributed by atoms with Crippen molar-refractivity contribution in [1.82, 2.24) is 0 Å². The molecule has 1 aliphatic heterocycles. The van der Waals surface area contributed by atoms with Crippen LogP contribution in [0, 0.1) is 5.92 Å². The third-order valence-corrected chi connectivity index (χ3v) is 7.64. The fourth-order valence-electron chi connectivity index (χ4n) is 1.90. The fourth-order valence-corrected chi connectivity index (χ4v) is 4.98. The van der Waals surface area contributed by atoms with Gasteiger partial charge in [-0.1, -0.05) is 18.7 Å². The van der Waals surface area contributed by atoms with Crippen molar-refractivity contribution in [1.29, 1.82) is 0 Å². The highest BCUT2D eigenvalue weighted by atomic mass is 32.9. The minimum absolute atomic E-state index is 0.0165. The zero-order valence-corrected chi connectivity index (χ0v) is 13.1. The van der Waals surface area contributed by atoms with E-state index in [1.807, 2.05) is 11.4 Å². The number of hydrogen-bond acceptors (Lipinski definition) is 4. The molecule has 4 atom stereocenters. The molecule has 1 fully saturated rings. The van der Waals surface area contributed by atoms with Gasteiger partial charge in [0.05, 0.1) is 11.7 Å². The van der Waals surface area contributed by atoms with Gasteiger partial charge in [-0.25, -0.2) is 0 Å². The Morgan fingerprint density at radius 1 is 1.56 bits per heavy atom. The maximum absolute atomic E-state index is 5.92. The molecule has 0 spiro atoms. The Balaban J connectivity index is 2.68. The first-order chi connectivity index (χ1) is 7.19. The van der Waals surface area contributed by atoms with Gasteiger partial charge < -0.3 is 9.47 Å². The molecule has 0 aromatic rings. The Morgan fingerprint density at radius 2 is 2.12 bits per heavy atom. The summed E-state index contributed by atoms with van der Waals surface area (Å²) in [4.78, 5) is 0. The zero-order valence-electron chi connectivity index (χ0n) is 10.6. The van der Waals surface area contributed by atoms with Crippen LogP contribution in [0.1, 0.15) is 13.8 Å². The lowest BCUT2D eigenvalue weighted by Gasteiger charge is -2.30. The zero-order chi connectivity index (χ0) is 12.6. The van der Waals surface area contributed by atoms with E-state index in [-0.39, 0.29) is 17.7 Å². The second-order valence-electron chi connectivity index (χ2n) is 4.91. The van der Waals surface area contributed by atoms with E-state index in [9.17, 15) is 0 Å². The van der Waals surface area contributed by atoms with Crippen molar-refractivity contribution >= 4 is 36.3 Å². The fraction of sp³-hybridized carbons (Fsp3) is 1.00. The van der Waals surface area contributed by atoms with Gasteiger partial charge in [-0.3, -0.25) is 0 Å². The Bertz CT molecular complexity index is 297. The van der Waals surface area contributed by atoms with Crippen molar-refractivity contribution in [3.63, 3.8) is 0 Å². The first-order valence-corrected chi connectivity index (χ1v) is 10.6. The minimum atomic E-state index is -1.25. The molecular weight excluding hydrogens is 258 g/mol. The van der Waals surface area contributed by atoms with Crippen LogP contribution in [-0.4, -0.2) is 51.7 Å². The van der Waals surface area contributed by atoms with Crippen molar-refractivity contribution in [3.8, 4) is 0 Å². The first kappa shape index (κ1) is 15.0. The van der Waals surface area contributed by atoms with Crippen LogP contribution in [0.2, 0.25) is 0 Å². The molecule has 0 amide bonds. The average molecular weight is 278 g/mol. The highest BCUT2D eigenvalue weighted by Gasteiger charge is 2.47. The van der Waals surface area contributed by atoms with Crippen molar-refractivity contribution in [2.24, 2.45) is 5.92 Å². The summed E-state index contributed by atoms with van der Waals surface area (Å²) >= 11 is 7.29. The maximum atomic E-state index is 5.92. The van der Waals surface area contributed by atoms with E-state index in [1.54, 1.807) is 7.11 Å². The van der Waals surface area contributed by atoms with Gasteiger partial charge in [0.2, 0.25) is 0 Å². The van der Waals surface area contributed by atoms with Gasteiger partial charge in [-0.15, -0.1) is 11.4 Å². The van der Waals surface area contributed by atoms with Gasteiger partial charge in [0, 0.05) is 30.0 Å². The second-order valence-corrected chi connectivity index (χ2v) is 14.9. The van der Waals surface area contributed by atoms with E-state index in [1.165, 1.54) is 0 Å². The van der Waals surface area contributed by atoms with E-state index in [0.717, 1.165) is 5.75 Å². The van der Waals surface area contributed by atoms with Crippen LogP contribution in [0.15, 0.2) is 0 Å². The van der Waals surface area contributed by atoms with Gasteiger partial charge >= 0.3 is 0 Å². The molecule has 1 saturated heterocycles. The van der Waals surface area contributed by atoms with Crippen LogP contribution in [-0.2, 0) is 21.3 Å². The molecule has 0 N–H and O–H groups in total. The van der Waals surface area contributed by atoms with Gasteiger partial charge in [0.25, 0.3) is 0 Å². The number of hydrogen-bond donors (Lipinski definition) is 0. The number of methoxy groups -OCH3 is 1. The molecule has 92 valence electrons. The summed E-state index contributed by atoms with van der Waals surface area (Å²) in [6.07, 6.45) is -0.0165. The molecule has 2 nitrogen and oxygen atoms in total. The average Bonchev–Trinajstić information content (AvgIpc) is 2.35. The van der Waals surface area contributed by atoms with Crippen molar-refractivity contribution in [3.05, 3.63) is 0 Å². The summed E-state index contributed by atoms with van der Waals surface area (Å²) < 4.78 is 11.3. The third kappa shape index (κ3) is 3.49. The lowest BCUT2D eigenvalue weighted by atomic mass is 9.84. The van der Waals surface area contributed by atoms with E-state index in [0.29, 0.717) is 5.92 Å². The maximum Gasteiger partial charge on any atom is 0.112 e. The predicted molar refractivity (Wildman–Crippen MR) is 77.6 cm³/mol. The normalized spacial score (nSPS) is 40.2. The molecule has 1 aliphatic rings. The summed E-state index contributed by atoms with van der Waals surface area (Å²) in [5, 5.41) is -1.25. The highest BCUT2D eigenvalue weighted by Crippen LogP contribution is 2.54. The van der Waals surface area contributed by atoms with E-state index in [4.69, 9.17) is 29.1 Å². The molecule has 0 aliphatic carbocycles. The smallest absolute Gasteiger partial charge is 0.112 e. The summed E-state index contributed by atoms with van der Waals surface area (Å²) in [5.41, 5.74) is -0.221. The molecule has 2 radical (unpaired) electrons. The molecule has 6 heteroatoms. The summed E-state index contributed by atoms with van der Waals surface area (Å²) in [5.74, 6) is 1.19. The molecule has 1 heterocycles. The molecule has 1 unspecified atom stereocenters. The van der Waals surface area contributed by atoms with Crippen molar-refractivity contribution < 1.29 is 9.47 Å². The van der Waals surface area contributed by atoms with Gasteiger partial charge in [0.15, 0.2) is 0 Å². The topological polar surface area (TPSA) is 18.5 Å². The SMILES string of the molecule is [B][C@@H]1O[C@](C)(CSP(C)(C)=S)[C@H](C)C1OC. The predicted octanol–water partition coefficient (Wildman–Crippen LogP) is 2.31. The molecule has 1 rings (SSSR count). The van der Waals surface area contributed by atoms with Crippen LogP contribution in [0.4, 0.5) is 0 Å². The standard InChI is InChI=1S/C10H20BO2PS2/c1-7-8(12-3)9(11)13-10(7,2)6-16-14(4,5)15/h7-9H,6H2,1-5H3/t7-,8?,9-,10-/m1/s1. The second kappa shape index (κ2) is 5.32. The lowest BCUT2D eigenvalue weighted by molar-refractivity contribution is 0.0000732. The molecular formula is C10H20BO2PS2. The van der Waals surface area contributed by atoms with Crippen LogP contribution >= 0.6 is 16.6 Å². The van der Waals surface area contributed by atoms with Crippen molar-refractivity contribution in [2.75, 3.05) is 26.2 Å². The summed E-state index contributed by atoms with van der Waals surface area (Å²) in [6.45, 7) is 8.53. The van der Waals surface area contributed by atoms with E-state index < -0.39 is 5.24 Å². The summed E-state index contributed by atoms with van der Waals surface area (Å²) in [6, 6.07) is -0.322. The Hall–Kier alpha value is 0.985. The Kier molecular flexibility index (Phi) is 5.00. The minimum Gasteiger partial charge on any atom is -0.379 e. The van der Waals surface area contributed by atoms with Crippen LogP contribution in [0.3, 0.4) is 0 Å². The molecule has 0 saturated carbocycles. The van der Waals surface area contributed by atoms with Crippen molar-refractivity contribution in [2.45, 2.75) is 31.6 Å². The molecule has 0 aromatic carbocycles. The van der Waals surface area contributed by atoms with Gasteiger partial charge in [0.1, 0.15) is 7.85 Å². The van der Waals surface area contributed by atoms with Crippen LogP contribution in [0.5, 0.6) is 0 Å². The quantitative estimate of drug-likeness (QED) is 0.580. The monoisotopic (exact) mass is 278 g/mol. The molecule has 0 bridgehead atoms. The van der Waals surface area contributed by atoms with Crippen LogP contribution < -0.4 is 0 Å². The number of ether oxygens (including phenoxy) is 2. The molecule has 16 heavy (non-hydrogen) atoms. The third-order valence-electron chi connectivity index (χ3n) is 3.12.